The number of benzene rings is 2. The summed E-state index contributed by atoms with van der Waals surface area (Å²) in [4.78, 5) is 22.5. The molecule has 1 amide bonds. The Kier molecular flexibility index (Phi) is 8.48. The van der Waals surface area contributed by atoms with Gasteiger partial charge in [0, 0.05) is 37.8 Å². The number of aromatic nitrogens is 1. The normalized spacial score (nSPS) is 14.2. The standard InChI is InChI=1S/C24H29N3O3S.ClH/c1-17-5-6-19(15-18(17)2)23(28)27(10-4-9-26-11-13-30-14-12-26)24-25-21-16-20(29-3)7-8-22(21)31-24;/h5-8,15-16H,4,9-14H2,1-3H3;1H. The van der Waals surface area contributed by atoms with Gasteiger partial charge in [-0.3, -0.25) is 14.6 Å². The molecule has 0 atom stereocenters. The summed E-state index contributed by atoms with van der Waals surface area (Å²) in [7, 11) is 1.65. The third-order valence-electron chi connectivity index (χ3n) is 5.77. The van der Waals surface area contributed by atoms with Crippen LogP contribution in [0.2, 0.25) is 0 Å². The third-order valence-corrected chi connectivity index (χ3v) is 6.83. The minimum atomic E-state index is -0.00361. The van der Waals surface area contributed by atoms with Crippen LogP contribution < -0.4 is 9.64 Å². The number of fused-ring (bicyclic) bond motifs is 1. The molecule has 172 valence electrons. The number of carbonyl (C=O) groups is 1. The number of nitrogens with zero attached hydrogens (tertiary/aromatic N) is 3. The van der Waals surface area contributed by atoms with Crippen LogP contribution in [0.3, 0.4) is 0 Å². The number of hydrogen-bond donors (Lipinski definition) is 0. The molecule has 0 spiro atoms. The molecule has 4 rings (SSSR count). The van der Waals surface area contributed by atoms with Gasteiger partial charge in [-0.05, 0) is 55.7 Å². The Labute approximate surface area is 199 Å². The first-order valence-corrected chi connectivity index (χ1v) is 11.5. The van der Waals surface area contributed by atoms with Gasteiger partial charge in [0.15, 0.2) is 5.13 Å². The van der Waals surface area contributed by atoms with E-state index >= 15 is 0 Å². The van der Waals surface area contributed by atoms with Crippen molar-refractivity contribution in [3.05, 3.63) is 53.1 Å². The molecule has 2 aromatic carbocycles. The number of halogens is 1. The highest BCUT2D eigenvalue weighted by Gasteiger charge is 2.22. The summed E-state index contributed by atoms with van der Waals surface area (Å²) in [5.41, 5.74) is 3.85. The Morgan fingerprint density at radius 2 is 1.94 bits per heavy atom. The molecule has 3 aromatic rings. The van der Waals surface area contributed by atoms with Crippen LogP contribution in [0, 0.1) is 13.8 Å². The highest BCUT2D eigenvalue weighted by molar-refractivity contribution is 7.22. The summed E-state index contributed by atoms with van der Waals surface area (Å²) in [6, 6.07) is 11.7. The molecule has 0 aliphatic carbocycles. The Morgan fingerprint density at radius 3 is 2.66 bits per heavy atom. The maximum atomic E-state index is 13.5. The summed E-state index contributed by atoms with van der Waals surface area (Å²) in [5.74, 6) is 0.764. The van der Waals surface area contributed by atoms with E-state index in [1.807, 2.05) is 48.2 Å². The van der Waals surface area contributed by atoms with Crippen molar-refractivity contribution in [1.82, 2.24) is 9.88 Å². The molecule has 8 heteroatoms. The number of hydrogen-bond acceptors (Lipinski definition) is 6. The van der Waals surface area contributed by atoms with Crippen molar-refractivity contribution in [2.75, 3.05) is 51.4 Å². The molecular weight excluding hydrogens is 446 g/mol. The molecule has 1 aromatic heterocycles. The van der Waals surface area contributed by atoms with Crippen LogP contribution in [-0.4, -0.2) is 62.3 Å². The van der Waals surface area contributed by atoms with E-state index in [0.717, 1.165) is 65.9 Å². The minimum Gasteiger partial charge on any atom is -0.497 e. The lowest BCUT2D eigenvalue weighted by molar-refractivity contribution is 0.0376. The largest absolute Gasteiger partial charge is 0.497 e. The molecule has 0 saturated carbocycles. The van der Waals surface area contributed by atoms with Gasteiger partial charge < -0.3 is 9.47 Å². The number of morpholine rings is 1. The number of aryl methyl sites for hydroxylation is 2. The lowest BCUT2D eigenvalue weighted by atomic mass is 10.1. The molecule has 32 heavy (non-hydrogen) atoms. The number of carbonyl (C=O) groups excluding carboxylic acids is 1. The molecule has 1 aliphatic rings. The molecule has 0 unspecified atom stereocenters. The lowest BCUT2D eigenvalue weighted by Gasteiger charge is -2.27. The quantitative estimate of drug-likeness (QED) is 0.495. The maximum absolute atomic E-state index is 13.5. The summed E-state index contributed by atoms with van der Waals surface area (Å²) < 4.78 is 11.8. The van der Waals surface area contributed by atoms with E-state index in [1.165, 1.54) is 5.56 Å². The predicted molar refractivity (Wildman–Crippen MR) is 133 cm³/mol. The van der Waals surface area contributed by atoms with E-state index in [0.29, 0.717) is 12.1 Å². The first-order valence-electron chi connectivity index (χ1n) is 10.7. The van der Waals surface area contributed by atoms with Gasteiger partial charge in [-0.2, -0.15) is 0 Å². The number of anilines is 1. The third kappa shape index (κ3) is 5.59. The number of thiazole rings is 1. The maximum Gasteiger partial charge on any atom is 0.260 e. The Morgan fingerprint density at radius 1 is 1.16 bits per heavy atom. The van der Waals surface area contributed by atoms with Crippen LogP contribution >= 0.6 is 23.7 Å². The zero-order valence-electron chi connectivity index (χ0n) is 18.8. The SMILES string of the molecule is COc1ccc2sc(N(CCCN3CCOCC3)C(=O)c3ccc(C)c(C)c3)nc2c1.Cl. The monoisotopic (exact) mass is 475 g/mol. The molecule has 0 N–H and O–H groups in total. The van der Waals surface area contributed by atoms with Crippen molar-refractivity contribution in [2.24, 2.45) is 0 Å². The van der Waals surface area contributed by atoms with Gasteiger partial charge in [0.25, 0.3) is 5.91 Å². The molecular formula is C24H30ClN3O3S. The van der Waals surface area contributed by atoms with E-state index in [4.69, 9.17) is 14.5 Å². The van der Waals surface area contributed by atoms with Crippen molar-refractivity contribution < 1.29 is 14.3 Å². The lowest BCUT2D eigenvalue weighted by Crippen LogP contribution is -2.39. The van der Waals surface area contributed by atoms with Gasteiger partial charge >= 0.3 is 0 Å². The molecule has 1 aliphatic heterocycles. The highest BCUT2D eigenvalue weighted by Crippen LogP contribution is 2.32. The van der Waals surface area contributed by atoms with Crippen LogP contribution in [0.25, 0.3) is 10.2 Å². The van der Waals surface area contributed by atoms with Crippen LogP contribution in [0.4, 0.5) is 5.13 Å². The van der Waals surface area contributed by atoms with Crippen LogP contribution in [0.15, 0.2) is 36.4 Å². The van der Waals surface area contributed by atoms with Crippen LogP contribution in [0.1, 0.15) is 27.9 Å². The number of methoxy groups -OCH3 is 1. The summed E-state index contributed by atoms with van der Waals surface area (Å²) in [5, 5.41) is 0.730. The summed E-state index contributed by atoms with van der Waals surface area (Å²) in [6.45, 7) is 9.14. The van der Waals surface area contributed by atoms with Crippen molar-refractivity contribution in [3.8, 4) is 5.75 Å². The van der Waals surface area contributed by atoms with Gasteiger partial charge in [-0.25, -0.2) is 4.98 Å². The van der Waals surface area contributed by atoms with E-state index in [1.54, 1.807) is 18.4 Å². The van der Waals surface area contributed by atoms with E-state index in [-0.39, 0.29) is 18.3 Å². The fraction of sp³-hybridized carbons (Fsp3) is 0.417. The highest BCUT2D eigenvalue weighted by atomic mass is 35.5. The van der Waals surface area contributed by atoms with Crippen molar-refractivity contribution in [1.29, 1.82) is 0 Å². The van der Waals surface area contributed by atoms with Crippen LogP contribution in [-0.2, 0) is 4.74 Å². The molecule has 2 heterocycles. The second kappa shape index (κ2) is 11.1. The Balaban J connectivity index is 0.00000289. The molecule has 6 nitrogen and oxygen atoms in total. The zero-order chi connectivity index (χ0) is 21.8. The second-order valence-electron chi connectivity index (χ2n) is 7.89. The van der Waals surface area contributed by atoms with Crippen molar-refractivity contribution >= 4 is 45.0 Å². The van der Waals surface area contributed by atoms with E-state index in [2.05, 4.69) is 11.8 Å². The topological polar surface area (TPSA) is 54.9 Å². The first-order chi connectivity index (χ1) is 15.0. The minimum absolute atomic E-state index is 0. The smallest absolute Gasteiger partial charge is 0.260 e. The fourth-order valence-corrected chi connectivity index (χ4v) is 4.70. The van der Waals surface area contributed by atoms with Crippen molar-refractivity contribution in [2.45, 2.75) is 20.3 Å². The van der Waals surface area contributed by atoms with Crippen LogP contribution in [0.5, 0.6) is 5.75 Å². The second-order valence-corrected chi connectivity index (χ2v) is 8.90. The van der Waals surface area contributed by atoms with Gasteiger partial charge in [0.1, 0.15) is 5.75 Å². The van der Waals surface area contributed by atoms with Gasteiger partial charge in [-0.15, -0.1) is 12.4 Å². The molecule has 0 radical (unpaired) electrons. The Bertz CT molecular complexity index is 1070. The van der Waals surface area contributed by atoms with Gasteiger partial charge in [0.05, 0.1) is 30.5 Å². The first kappa shape index (κ1) is 24.5. The summed E-state index contributed by atoms with van der Waals surface area (Å²) >= 11 is 1.55. The van der Waals surface area contributed by atoms with Crippen molar-refractivity contribution in [3.63, 3.8) is 0 Å². The molecule has 0 bridgehead atoms. The average Bonchev–Trinajstić information content (AvgIpc) is 3.21. The van der Waals surface area contributed by atoms with E-state index in [9.17, 15) is 4.79 Å². The summed E-state index contributed by atoms with van der Waals surface area (Å²) in [6.07, 6.45) is 0.885. The van der Waals surface area contributed by atoms with Gasteiger partial charge in [0.2, 0.25) is 0 Å². The number of amides is 1. The number of rotatable bonds is 7. The molecule has 1 fully saturated rings. The predicted octanol–water partition coefficient (Wildman–Crippen LogP) is 4.71. The van der Waals surface area contributed by atoms with Gasteiger partial charge in [-0.1, -0.05) is 17.4 Å². The van der Waals surface area contributed by atoms with E-state index < -0.39 is 0 Å². The number of ether oxygens (including phenoxy) is 2. The molecule has 1 saturated heterocycles. The zero-order valence-corrected chi connectivity index (χ0v) is 20.4. The Hall–Kier alpha value is -2.19. The fourth-order valence-electron chi connectivity index (χ4n) is 3.73. The average molecular weight is 476 g/mol.